The van der Waals surface area contributed by atoms with E-state index < -0.39 is 0 Å². The molecule has 0 fully saturated rings. The summed E-state index contributed by atoms with van der Waals surface area (Å²) < 4.78 is 5.64. The van der Waals surface area contributed by atoms with Gasteiger partial charge in [0.25, 0.3) is 0 Å². The van der Waals surface area contributed by atoms with E-state index in [2.05, 4.69) is 18.7 Å². The van der Waals surface area contributed by atoms with Crippen LogP contribution in [-0.4, -0.2) is 48.1 Å². The average molecular weight is 424 g/mol. The molecule has 0 aromatic heterocycles. The summed E-state index contributed by atoms with van der Waals surface area (Å²) >= 11 is 0. The highest BCUT2D eigenvalue weighted by molar-refractivity contribution is 6.11. The standard InChI is InChI=1S/C25H29NO5/c1-3-26(4-2)21-10-8-20(25(17-21)31-16-15-27)9-14-24(30)18-23(29)13-7-19-5-11-22(28)12-6-19/h5-14,17,27-28H,3-4,15-16,18H2,1-2H3/b13-7+,14-9+. The van der Waals surface area contributed by atoms with Crippen molar-refractivity contribution in [2.75, 3.05) is 31.2 Å². The quantitative estimate of drug-likeness (QED) is 0.398. The topological polar surface area (TPSA) is 87.1 Å². The molecule has 31 heavy (non-hydrogen) atoms. The SMILES string of the molecule is CCN(CC)c1ccc(/C=C/C(=O)CC(=O)/C=C/c2ccc(O)cc2)c(OCCO)c1. The van der Waals surface area contributed by atoms with E-state index in [1.165, 1.54) is 24.3 Å². The van der Waals surface area contributed by atoms with Crippen LogP contribution in [0, 0.1) is 0 Å². The van der Waals surface area contributed by atoms with E-state index in [-0.39, 0.29) is 37.0 Å². The minimum absolute atomic E-state index is 0.112. The fourth-order valence-electron chi connectivity index (χ4n) is 2.97. The second kappa shape index (κ2) is 12.3. The number of phenolic OH excluding ortho intramolecular Hbond substituents is 1. The molecule has 0 saturated heterocycles. The van der Waals surface area contributed by atoms with Crippen LogP contribution in [-0.2, 0) is 9.59 Å². The van der Waals surface area contributed by atoms with E-state index in [4.69, 9.17) is 9.84 Å². The van der Waals surface area contributed by atoms with Crippen molar-refractivity contribution >= 4 is 29.4 Å². The number of hydrogen-bond donors (Lipinski definition) is 2. The van der Waals surface area contributed by atoms with Gasteiger partial charge in [0.15, 0.2) is 11.6 Å². The van der Waals surface area contributed by atoms with Gasteiger partial charge < -0.3 is 19.8 Å². The number of phenols is 1. The fourth-order valence-corrected chi connectivity index (χ4v) is 2.97. The largest absolute Gasteiger partial charge is 0.508 e. The second-order valence-electron chi connectivity index (χ2n) is 6.83. The fraction of sp³-hybridized carbons (Fsp3) is 0.280. The van der Waals surface area contributed by atoms with Gasteiger partial charge >= 0.3 is 0 Å². The van der Waals surface area contributed by atoms with Crippen LogP contribution < -0.4 is 9.64 Å². The first-order valence-corrected chi connectivity index (χ1v) is 10.3. The summed E-state index contributed by atoms with van der Waals surface area (Å²) in [5, 5.41) is 18.4. The maximum absolute atomic E-state index is 12.2. The highest BCUT2D eigenvalue weighted by atomic mass is 16.5. The molecule has 0 radical (unpaired) electrons. The van der Waals surface area contributed by atoms with E-state index in [9.17, 15) is 14.7 Å². The summed E-state index contributed by atoms with van der Waals surface area (Å²) in [6.07, 6.45) is 5.70. The number of aromatic hydroxyl groups is 1. The Kier molecular flexibility index (Phi) is 9.52. The lowest BCUT2D eigenvalue weighted by molar-refractivity contribution is -0.121. The first kappa shape index (κ1) is 23.9. The van der Waals surface area contributed by atoms with Crippen molar-refractivity contribution in [2.24, 2.45) is 0 Å². The molecule has 2 rings (SSSR count). The lowest BCUT2D eigenvalue weighted by Gasteiger charge is -2.22. The third-order valence-electron chi connectivity index (χ3n) is 4.63. The predicted octanol–water partition coefficient (Wildman–Crippen LogP) is 3.86. The summed E-state index contributed by atoms with van der Waals surface area (Å²) in [4.78, 5) is 26.4. The molecule has 0 aliphatic heterocycles. The Bertz CT molecular complexity index is 927. The predicted molar refractivity (Wildman–Crippen MR) is 123 cm³/mol. The number of nitrogens with zero attached hydrogens (tertiary/aromatic N) is 1. The molecule has 0 aliphatic carbocycles. The van der Waals surface area contributed by atoms with Crippen molar-refractivity contribution < 1.29 is 24.5 Å². The number of rotatable bonds is 12. The van der Waals surface area contributed by atoms with E-state index in [0.29, 0.717) is 11.3 Å². The van der Waals surface area contributed by atoms with Gasteiger partial charge in [0.2, 0.25) is 0 Å². The van der Waals surface area contributed by atoms with Crippen LogP contribution in [0.4, 0.5) is 5.69 Å². The number of allylic oxidation sites excluding steroid dienone is 2. The van der Waals surface area contributed by atoms with Crippen molar-refractivity contribution in [1.29, 1.82) is 0 Å². The molecule has 2 aromatic carbocycles. The third-order valence-corrected chi connectivity index (χ3v) is 4.63. The van der Waals surface area contributed by atoms with E-state index in [0.717, 1.165) is 24.3 Å². The van der Waals surface area contributed by atoms with E-state index in [1.807, 2.05) is 18.2 Å². The molecule has 0 unspecified atom stereocenters. The highest BCUT2D eigenvalue weighted by Crippen LogP contribution is 2.27. The molecule has 0 spiro atoms. The van der Waals surface area contributed by atoms with Gasteiger partial charge in [0.05, 0.1) is 13.0 Å². The number of aliphatic hydroxyl groups excluding tert-OH is 1. The maximum atomic E-state index is 12.2. The normalized spacial score (nSPS) is 11.2. The smallest absolute Gasteiger partial charge is 0.163 e. The second-order valence-corrected chi connectivity index (χ2v) is 6.83. The molecular weight excluding hydrogens is 394 g/mol. The zero-order valence-electron chi connectivity index (χ0n) is 18.0. The molecule has 0 atom stereocenters. The Hall–Kier alpha value is -3.38. The third kappa shape index (κ3) is 7.75. The Labute approximate surface area is 183 Å². The van der Waals surface area contributed by atoms with Crippen molar-refractivity contribution in [3.8, 4) is 11.5 Å². The molecule has 0 amide bonds. The molecule has 6 heteroatoms. The van der Waals surface area contributed by atoms with Crippen molar-refractivity contribution in [3.63, 3.8) is 0 Å². The van der Waals surface area contributed by atoms with Crippen molar-refractivity contribution in [3.05, 3.63) is 65.7 Å². The van der Waals surface area contributed by atoms with Gasteiger partial charge in [-0.15, -0.1) is 0 Å². The van der Waals surface area contributed by atoms with Crippen LogP contribution in [0.15, 0.2) is 54.6 Å². The Balaban J connectivity index is 2.05. The molecule has 0 saturated carbocycles. The Morgan fingerprint density at radius 3 is 2.23 bits per heavy atom. The van der Waals surface area contributed by atoms with E-state index >= 15 is 0 Å². The van der Waals surface area contributed by atoms with Crippen molar-refractivity contribution in [2.45, 2.75) is 20.3 Å². The van der Waals surface area contributed by atoms with Gasteiger partial charge in [-0.3, -0.25) is 9.59 Å². The zero-order chi connectivity index (χ0) is 22.6. The molecular formula is C25H29NO5. The van der Waals surface area contributed by atoms with Gasteiger partial charge in [-0.1, -0.05) is 18.2 Å². The number of hydrogen-bond acceptors (Lipinski definition) is 6. The number of anilines is 1. The molecule has 2 N–H and O–H groups in total. The van der Waals surface area contributed by atoms with Crippen LogP contribution in [0.5, 0.6) is 11.5 Å². The first-order valence-electron chi connectivity index (χ1n) is 10.3. The van der Waals surface area contributed by atoms with Crippen LogP contribution >= 0.6 is 0 Å². The van der Waals surface area contributed by atoms with Gasteiger partial charge in [-0.05, 0) is 61.9 Å². The summed E-state index contributed by atoms with van der Waals surface area (Å²) in [7, 11) is 0. The number of carbonyl (C=O) groups excluding carboxylic acids is 2. The summed E-state index contributed by atoms with van der Waals surface area (Å²) in [6.45, 7) is 5.87. The molecule has 2 aromatic rings. The van der Waals surface area contributed by atoms with E-state index in [1.54, 1.807) is 24.3 Å². The van der Waals surface area contributed by atoms with Crippen LogP contribution in [0.2, 0.25) is 0 Å². The van der Waals surface area contributed by atoms with Crippen LogP contribution in [0.25, 0.3) is 12.2 Å². The lowest BCUT2D eigenvalue weighted by atomic mass is 10.1. The lowest BCUT2D eigenvalue weighted by Crippen LogP contribution is -2.21. The zero-order valence-corrected chi connectivity index (χ0v) is 18.0. The summed E-state index contributed by atoms with van der Waals surface area (Å²) in [5.41, 5.74) is 2.45. The minimum Gasteiger partial charge on any atom is -0.508 e. The summed E-state index contributed by atoms with van der Waals surface area (Å²) in [6, 6.07) is 12.1. The molecule has 164 valence electrons. The molecule has 6 nitrogen and oxygen atoms in total. The monoisotopic (exact) mass is 423 g/mol. The summed E-state index contributed by atoms with van der Waals surface area (Å²) in [5.74, 6) is 0.0926. The van der Waals surface area contributed by atoms with Gasteiger partial charge in [0, 0.05) is 30.4 Å². The van der Waals surface area contributed by atoms with Crippen LogP contribution in [0.1, 0.15) is 31.4 Å². The molecule has 0 aliphatic rings. The van der Waals surface area contributed by atoms with Gasteiger partial charge in [0.1, 0.15) is 18.1 Å². The Morgan fingerprint density at radius 1 is 0.968 bits per heavy atom. The number of ether oxygens (including phenoxy) is 1. The van der Waals surface area contributed by atoms with Gasteiger partial charge in [-0.2, -0.15) is 0 Å². The maximum Gasteiger partial charge on any atom is 0.163 e. The van der Waals surface area contributed by atoms with Crippen LogP contribution in [0.3, 0.4) is 0 Å². The number of carbonyl (C=O) groups is 2. The Morgan fingerprint density at radius 2 is 1.61 bits per heavy atom. The number of aliphatic hydroxyl groups is 1. The van der Waals surface area contributed by atoms with Crippen molar-refractivity contribution in [1.82, 2.24) is 0 Å². The number of ketones is 2. The minimum atomic E-state index is -0.318. The molecule has 0 heterocycles. The average Bonchev–Trinajstić information content (AvgIpc) is 2.77. The number of benzene rings is 2. The first-order chi connectivity index (χ1) is 15.0. The highest BCUT2D eigenvalue weighted by Gasteiger charge is 2.09. The van der Waals surface area contributed by atoms with Gasteiger partial charge in [-0.25, -0.2) is 0 Å². The molecule has 0 bridgehead atoms.